The Morgan fingerprint density at radius 2 is 1.08 bits per heavy atom. The van der Waals surface area contributed by atoms with Crippen LogP contribution in [-0.4, -0.2) is 58.7 Å². The minimum Gasteiger partial charge on any atom is -0.276 e. The van der Waals surface area contributed by atoms with Crippen LogP contribution >= 0.6 is 0 Å². The second kappa shape index (κ2) is 19.0. The molecule has 6 rings (SSSR count). The van der Waals surface area contributed by atoms with Crippen LogP contribution < -0.4 is 0 Å². The summed E-state index contributed by atoms with van der Waals surface area (Å²) in [5.41, 5.74) is 7.89. The van der Waals surface area contributed by atoms with Crippen LogP contribution in [0, 0.1) is 55.4 Å². The number of nitrogens with zero attached hydrogens (tertiary/aromatic N) is 12. The molecule has 48 heavy (non-hydrogen) atoms. The maximum atomic E-state index is 12.0. The van der Waals surface area contributed by atoms with Gasteiger partial charge in [0.15, 0.2) is 0 Å². The Morgan fingerprint density at radius 3 is 1.21 bits per heavy atom. The molecule has 0 saturated heterocycles. The summed E-state index contributed by atoms with van der Waals surface area (Å²) in [6.07, 6.45) is 7.24. The molecule has 0 atom stereocenters. The van der Waals surface area contributed by atoms with Gasteiger partial charge in [-0.05, 0) is 90.3 Å². The number of aromatic nitrogens is 12. The summed E-state index contributed by atoms with van der Waals surface area (Å²) in [4.78, 5) is 0. The molecule has 12 nitrogen and oxygen atoms in total. The number of hydrogen-bond donors (Lipinski definition) is 0. The Balaban J connectivity index is 0.000000290. The van der Waals surface area contributed by atoms with E-state index in [1.807, 2.05) is 122 Å². The van der Waals surface area contributed by atoms with E-state index in [1.54, 1.807) is 14.0 Å². The summed E-state index contributed by atoms with van der Waals surface area (Å²) < 4.78 is 45.9. The van der Waals surface area contributed by atoms with Crippen molar-refractivity contribution in [3.63, 3.8) is 0 Å². The van der Waals surface area contributed by atoms with Crippen LogP contribution in [0.2, 0.25) is 0 Å². The molecule has 0 amide bonds. The summed E-state index contributed by atoms with van der Waals surface area (Å²) >= 11 is 0. The van der Waals surface area contributed by atoms with Crippen LogP contribution in [0.1, 0.15) is 50.9 Å². The maximum absolute atomic E-state index is 12.0. The van der Waals surface area contributed by atoms with Crippen molar-refractivity contribution in [3.8, 4) is 0 Å². The quantitative estimate of drug-likeness (QED) is 0.196. The molecule has 0 aliphatic heterocycles. The first-order valence-electron chi connectivity index (χ1n) is 15.1. The van der Waals surface area contributed by atoms with Crippen LogP contribution in [0.5, 0.6) is 0 Å². The molecule has 0 aliphatic rings. The minimum absolute atomic E-state index is 0.375. The Kier molecular flexibility index (Phi) is 16.3. The van der Waals surface area contributed by atoms with Crippen molar-refractivity contribution in [2.75, 3.05) is 0 Å². The molecule has 0 radical (unpaired) electrons. The van der Waals surface area contributed by atoms with Gasteiger partial charge in [-0.2, -0.15) is 43.8 Å². The molecule has 0 fully saturated rings. The Labute approximate surface area is 281 Å². The first-order chi connectivity index (χ1) is 22.2. The van der Waals surface area contributed by atoms with Crippen molar-refractivity contribution < 1.29 is 13.2 Å². The number of rotatable bonds is 0. The fourth-order valence-corrected chi connectivity index (χ4v) is 3.81. The first kappa shape index (κ1) is 41.1. The molecular weight excluding hydrogens is 621 g/mol. The van der Waals surface area contributed by atoms with Crippen molar-refractivity contribution in [2.45, 2.75) is 61.6 Å². The van der Waals surface area contributed by atoms with Gasteiger partial charge in [0.05, 0.1) is 35.2 Å². The molecule has 0 spiro atoms. The van der Waals surface area contributed by atoms with Crippen molar-refractivity contribution >= 4 is 0 Å². The molecule has 0 N–H and O–H groups in total. The third-order valence-corrected chi connectivity index (χ3v) is 6.56. The number of halogens is 3. The van der Waals surface area contributed by atoms with Crippen LogP contribution in [0.3, 0.4) is 0 Å². The summed E-state index contributed by atoms with van der Waals surface area (Å²) in [5.74, 6) is 0. The first-order valence-corrected chi connectivity index (χ1v) is 15.1. The fraction of sp³-hybridized carbons (Fsp3) is 0.455. The van der Waals surface area contributed by atoms with Gasteiger partial charge < -0.3 is 0 Å². The average molecular weight is 673 g/mol. The molecule has 15 heteroatoms. The normalized spacial score (nSPS) is 10.2. The highest BCUT2D eigenvalue weighted by atomic mass is 19.4. The molecule has 6 aromatic heterocycles. The molecule has 0 unspecified atom stereocenters. The second-order valence-corrected chi connectivity index (χ2v) is 11.4. The molecule has 6 heterocycles. The lowest BCUT2D eigenvalue weighted by Gasteiger charge is -2.04. The highest BCUT2D eigenvalue weighted by Crippen LogP contribution is 2.28. The summed E-state index contributed by atoms with van der Waals surface area (Å²) in [6.45, 7) is 15.7. The molecule has 0 aliphatic carbocycles. The van der Waals surface area contributed by atoms with Gasteiger partial charge in [-0.1, -0.05) is 0 Å². The maximum Gasteiger partial charge on any atom is 0.433 e. The minimum atomic E-state index is -4.30. The van der Waals surface area contributed by atoms with E-state index >= 15 is 0 Å². The lowest BCUT2D eigenvalue weighted by molar-refractivity contribution is -0.143. The second-order valence-electron chi connectivity index (χ2n) is 11.4. The number of aryl methyl sites for hydroxylation is 13. The summed E-state index contributed by atoms with van der Waals surface area (Å²) in [5, 5.41) is 23.7. The van der Waals surface area contributed by atoms with Gasteiger partial charge in [-0.3, -0.25) is 28.1 Å². The smallest absolute Gasteiger partial charge is 0.276 e. The topological polar surface area (TPSA) is 107 Å². The molecule has 6 aromatic rings. The Hall–Kier alpha value is -4.95. The van der Waals surface area contributed by atoms with E-state index in [0.29, 0.717) is 5.69 Å². The van der Waals surface area contributed by atoms with Crippen LogP contribution in [0.4, 0.5) is 13.2 Å². The van der Waals surface area contributed by atoms with Crippen LogP contribution in [0.15, 0.2) is 55.4 Å². The molecular formula is C33H51F3N12. The van der Waals surface area contributed by atoms with E-state index in [-0.39, 0.29) is 0 Å². The van der Waals surface area contributed by atoms with E-state index in [2.05, 4.69) is 51.4 Å². The zero-order chi connectivity index (χ0) is 36.8. The third-order valence-electron chi connectivity index (χ3n) is 6.56. The predicted octanol–water partition coefficient (Wildman–Crippen LogP) is 6.01. The van der Waals surface area contributed by atoms with Gasteiger partial charge in [0.2, 0.25) is 0 Å². The van der Waals surface area contributed by atoms with Crippen LogP contribution in [0.25, 0.3) is 0 Å². The summed E-state index contributed by atoms with van der Waals surface area (Å²) in [6, 6.07) is 4.96. The Bertz CT molecular complexity index is 1600. The third kappa shape index (κ3) is 15.6. The lowest BCUT2D eigenvalue weighted by atomic mass is 10.3. The van der Waals surface area contributed by atoms with Gasteiger partial charge in [0.1, 0.15) is 5.69 Å². The molecule has 0 aromatic carbocycles. The standard InChI is InChI=1S/C6H7F3N2.2C6H10N2.3C5H8N2/c1-4-3-5(6(7,8)9)11(2)10-4;1-5-4-8(3)7-6(5)2;1-5-4-7-8(3)6(5)2;1-5-3-6-7(2)4-5;2*1-5-3-4-7(2)6-5/h3H,1-2H3;2*4H,1-3H3;3*3-4H,1-2H3. The van der Waals surface area contributed by atoms with Crippen molar-refractivity contribution in [1.82, 2.24) is 58.7 Å². The van der Waals surface area contributed by atoms with E-state index in [0.717, 1.165) is 27.8 Å². The van der Waals surface area contributed by atoms with Gasteiger partial charge >= 0.3 is 6.18 Å². The van der Waals surface area contributed by atoms with Crippen LogP contribution in [-0.2, 0) is 48.5 Å². The zero-order valence-corrected chi connectivity index (χ0v) is 30.7. The van der Waals surface area contributed by atoms with Gasteiger partial charge in [0.25, 0.3) is 0 Å². The van der Waals surface area contributed by atoms with Crippen molar-refractivity contribution in [2.24, 2.45) is 42.3 Å². The molecule has 0 bridgehead atoms. The average Bonchev–Trinajstić information content (AvgIpc) is 3.83. The fourth-order valence-electron chi connectivity index (χ4n) is 3.81. The Morgan fingerprint density at radius 1 is 0.542 bits per heavy atom. The van der Waals surface area contributed by atoms with Gasteiger partial charge in [-0.25, -0.2) is 0 Å². The summed E-state index contributed by atoms with van der Waals surface area (Å²) in [7, 11) is 10.9. The highest BCUT2D eigenvalue weighted by molar-refractivity contribution is 5.13. The van der Waals surface area contributed by atoms with E-state index in [4.69, 9.17) is 0 Å². The predicted molar refractivity (Wildman–Crippen MR) is 182 cm³/mol. The molecule has 0 saturated carbocycles. The number of alkyl halides is 3. The van der Waals surface area contributed by atoms with Gasteiger partial charge in [0, 0.05) is 72.8 Å². The van der Waals surface area contributed by atoms with Crippen molar-refractivity contribution in [3.05, 3.63) is 106 Å². The van der Waals surface area contributed by atoms with E-state index in [9.17, 15) is 13.2 Å². The monoisotopic (exact) mass is 672 g/mol. The lowest BCUT2D eigenvalue weighted by Crippen LogP contribution is -2.11. The SMILES string of the molecule is Cc1cc(C(F)(F)F)n(C)n1.Cc1ccn(C)n1.Cc1ccn(C)n1.Cc1cn(C)nc1C.Cc1cnn(C)c1.Cc1cnn(C)c1C. The largest absolute Gasteiger partial charge is 0.433 e. The molecule has 264 valence electrons. The van der Waals surface area contributed by atoms with E-state index < -0.39 is 11.9 Å². The highest BCUT2D eigenvalue weighted by Gasteiger charge is 2.34. The van der Waals surface area contributed by atoms with Gasteiger partial charge in [-0.15, -0.1) is 0 Å². The number of hydrogen-bond acceptors (Lipinski definition) is 6. The van der Waals surface area contributed by atoms with Crippen molar-refractivity contribution in [1.29, 1.82) is 0 Å². The van der Waals surface area contributed by atoms with E-state index in [1.165, 1.54) is 36.4 Å². The zero-order valence-electron chi connectivity index (χ0n) is 30.7.